The van der Waals surface area contributed by atoms with Gasteiger partial charge in [0.1, 0.15) is 18.3 Å². The van der Waals surface area contributed by atoms with Crippen LogP contribution in [-0.4, -0.2) is 57.1 Å². The SMILES string of the molecule is COc1cccc(CN(C(=O)CN(c2cccc3ccccc23)S(C)(=O)=O)[C@@H](C)C(=O)NC2CCCC2)c1. The first-order valence-electron chi connectivity index (χ1n) is 12.9. The molecule has 0 unspecified atom stereocenters. The maximum atomic E-state index is 13.9. The predicted octanol–water partition coefficient (Wildman–Crippen LogP) is 4.09. The van der Waals surface area contributed by atoms with E-state index in [-0.39, 0.29) is 18.5 Å². The molecule has 0 heterocycles. The summed E-state index contributed by atoms with van der Waals surface area (Å²) in [4.78, 5) is 28.5. The van der Waals surface area contributed by atoms with Gasteiger partial charge in [-0.25, -0.2) is 8.42 Å². The second kappa shape index (κ2) is 11.9. The van der Waals surface area contributed by atoms with E-state index in [4.69, 9.17) is 4.74 Å². The number of carbonyl (C=O) groups is 2. The van der Waals surface area contributed by atoms with Crippen molar-refractivity contribution in [3.05, 3.63) is 72.3 Å². The molecule has 2 amide bonds. The highest BCUT2D eigenvalue weighted by atomic mass is 32.2. The Morgan fingerprint density at radius 3 is 2.42 bits per heavy atom. The number of carbonyl (C=O) groups excluding carboxylic acids is 2. The van der Waals surface area contributed by atoms with Gasteiger partial charge in [0.25, 0.3) is 0 Å². The Morgan fingerprint density at radius 2 is 1.71 bits per heavy atom. The summed E-state index contributed by atoms with van der Waals surface area (Å²) in [5.74, 6) is -0.0871. The molecule has 1 saturated carbocycles. The fraction of sp³-hybridized carbons (Fsp3) is 0.379. The lowest BCUT2D eigenvalue weighted by molar-refractivity contribution is -0.139. The zero-order valence-electron chi connectivity index (χ0n) is 22.1. The van der Waals surface area contributed by atoms with Crippen LogP contribution in [0.3, 0.4) is 0 Å². The Bertz CT molecular complexity index is 1400. The van der Waals surface area contributed by atoms with Crippen molar-refractivity contribution in [3.63, 3.8) is 0 Å². The van der Waals surface area contributed by atoms with E-state index in [1.807, 2.05) is 42.5 Å². The van der Waals surface area contributed by atoms with Crippen LogP contribution >= 0.6 is 0 Å². The number of sulfonamides is 1. The van der Waals surface area contributed by atoms with E-state index in [0.29, 0.717) is 11.4 Å². The number of fused-ring (bicyclic) bond motifs is 1. The number of nitrogens with one attached hydrogen (secondary N) is 1. The first-order valence-corrected chi connectivity index (χ1v) is 14.7. The highest BCUT2D eigenvalue weighted by Gasteiger charge is 2.31. The lowest BCUT2D eigenvalue weighted by atomic mass is 10.1. The summed E-state index contributed by atoms with van der Waals surface area (Å²) < 4.78 is 32.4. The Labute approximate surface area is 224 Å². The van der Waals surface area contributed by atoms with E-state index in [1.54, 1.807) is 38.3 Å². The molecule has 0 bridgehead atoms. The summed E-state index contributed by atoms with van der Waals surface area (Å²) in [7, 11) is -2.26. The number of amides is 2. The summed E-state index contributed by atoms with van der Waals surface area (Å²) in [6.07, 6.45) is 5.07. The van der Waals surface area contributed by atoms with Crippen molar-refractivity contribution in [2.24, 2.45) is 0 Å². The van der Waals surface area contributed by atoms with Crippen LogP contribution < -0.4 is 14.4 Å². The average Bonchev–Trinajstić information content (AvgIpc) is 3.42. The molecular weight excluding hydrogens is 502 g/mol. The summed E-state index contributed by atoms with van der Waals surface area (Å²) in [6.45, 7) is 1.38. The molecule has 202 valence electrons. The van der Waals surface area contributed by atoms with Crippen LogP contribution in [-0.2, 0) is 26.2 Å². The topological polar surface area (TPSA) is 96.0 Å². The van der Waals surface area contributed by atoms with E-state index in [9.17, 15) is 18.0 Å². The molecule has 1 fully saturated rings. The van der Waals surface area contributed by atoms with Gasteiger partial charge in [0, 0.05) is 18.0 Å². The third-order valence-electron chi connectivity index (χ3n) is 7.07. The quantitative estimate of drug-likeness (QED) is 0.420. The fourth-order valence-electron chi connectivity index (χ4n) is 4.96. The molecule has 0 aromatic heterocycles. The number of hydrogen-bond donors (Lipinski definition) is 1. The summed E-state index contributed by atoms with van der Waals surface area (Å²) in [5, 5.41) is 4.66. The molecule has 3 aromatic carbocycles. The summed E-state index contributed by atoms with van der Waals surface area (Å²) in [6, 6.07) is 19.4. The van der Waals surface area contributed by atoms with Gasteiger partial charge in [0.2, 0.25) is 21.8 Å². The third kappa shape index (κ3) is 6.45. The van der Waals surface area contributed by atoms with Crippen molar-refractivity contribution in [1.82, 2.24) is 10.2 Å². The Morgan fingerprint density at radius 1 is 1.03 bits per heavy atom. The lowest BCUT2D eigenvalue weighted by Crippen LogP contribution is -2.52. The third-order valence-corrected chi connectivity index (χ3v) is 8.20. The molecule has 1 aliphatic carbocycles. The first kappa shape index (κ1) is 27.4. The van der Waals surface area contributed by atoms with Crippen LogP contribution in [0.2, 0.25) is 0 Å². The van der Waals surface area contributed by atoms with Gasteiger partial charge >= 0.3 is 0 Å². The van der Waals surface area contributed by atoms with Gasteiger partial charge in [-0.3, -0.25) is 13.9 Å². The van der Waals surface area contributed by atoms with Crippen LogP contribution in [0, 0.1) is 0 Å². The molecule has 4 rings (SSSR count). The highest BCUT2D eigenvalue weighted by molar-refractivity contribution is 7.92. The molecule has 0 aliphatic heterocycles. The number of rotatable bonds is 10. The minimum absolute atomic E-state index is 0.0990. The largest absolute Gasteiger partial charge is 0.497 e. The Hall–Kier alpha value is -3.59. The van der Waals surface area contributed by atoms with E-state index in [0.717, 1.165) is 52.6 Å². The van der Waals surface area contributed by atoms with E-state index >= 15 is 0 Å². The van der Waals surface area contributed by atoms with Crippen LogP contribution in [0.1, 0.15) is 38.2 Å². The molecule has 0 saturated heterocycles. The zero-order valence-corrected chi connectivity index (χ0v) is 22.9. The van der Waals surface area contributed by atoms with Gasteiger partial charge in [-0.1, -0.05) is 61.4 Å². The van der Waals surface area contributed by atoms with Crippen LogP contribution in [0.5, 0.6) is 5.75 Å². The first-order chi connectivity index (χ1) is 18.2. The molecule has 1 atom stereocenters. The van der Waals surface area contributed by atoms with Crippen LogP contribution in [0.4, 0.5) is 5.69 Å². The number of methoxy groups -OCH3 is 1. The van der Waals surface area contributed by atoms with Crippen molar-refractivity contribution in [3.8, 4) is 5.75 Å². The Balaban J connectivity index is 1.66. The van der Waals surface area contributed by atoms with Gasteiger partial charge in [-0.2, -0.15) is 0 Å². The number of anilines is 1. The molecule has 9 heteroatoms. The molecule has 0 radical (unpaired) electrons. The zero-order chi connectivity index (χ0) is 27.3. The maximum absolute atomic E-state index is 13.9. The highest BCUT2D eigenvalue weighted by Crippen LogP contribution is 2.29. The minimum Gasteiger partial charge on any atom is -0.497 e. The second-order valence-electron chi connectivity index (χ2n) is 9.81. The molecule has 1 aliphatic rings. The number of benzene rings is 3. The van der Waals surface area contributed by atoms with Crippen molar-refractivity contribution in [1.29, 1.82) is 0 Å². The van der Waals surface area contributed by atoms with E-state index in [1.165, 1.54) is 4.90 Å². The van der Waals surface area contributed by atoms with Gasteiger partial charge in [0.15, 0.2) is 0 Å². The van der Waals surface area contributed by atoms with Crippen LogP contribution in [0.15, 0.2) is 66.7 Å². The van der Waals surface area contributed by atoms with Crippen molar-refractivity contribution in [2.75, 3.05) is 24.2 Å². The van der Waals surface area contributed by atoms with Gasteiger partial charge in [-0.05, 0) is 48.9 Å². The molecule has 3 aromatic rings. The smallest absolute Gasteiger partial charge is 0.244 e. The summed E-state index contributed by atoms with van der Waals surface area (Å²) >= 11 is 0. The van der Waals surface area contributed by atoms with Gasteiger partial charge in [0.05, 0.1) is 19.1 Å². The predicted molar refractivity (Wildman–Crippen MR) is 150 cm³/mol. The van der Waals surface area contributed by atoms with Gasteiger partial charge in [-0.15, -0.1) is 0 Å². The van der Waals surface area contributed by atoms with Crippen LogP contribution in [0.25, 0.3) is 10.8 Å². The monoisotopic (exact) mass is 537 g/mol. The number of ether oxygens (including phenoxy) is 1. The molecular formula is C29H35N3O5S. The standard InChI is InChI=1S/C29H35N3O5S/c1-21(29(34)30-24-13-5-6-14-24)31(19-22-10-8-15-25(18-22)37-2)28(33)20-32(38(3,35)36)27-17-9-12-23-11-4-7-16-26(23)27/h4,7-12,15-18,21,24H,5-6,13-14,19-20H2,1-3H3,(H,30,34)/t21-/m0/s1. The average molecular weight is 538 g/mol. The number of nitrogens with zero attached hydrogens (tertiary/aromatic N) is 2. The van der Waals surface area contributed by atoms with Crippen molar-refractivity contribution >= 4 is 38.3 Å². The van der Waals surface area contributed by atoms with E-state index < -0.39 is 28.5 Å². The van der Waals surface area contributed by atoms with Gasteiger partial charge < -0.3 is 15.0 Å². The molecule has 8 nitrogen and oxygen atoms in total. The maximum Gasteiger partial charge on any atom is 0.244 e. The molecule has 38 heavy (non-hydrogen) atoms. The summed E-state index contributed by atoms with van der Waals surface area (Å²) in [5.41, 5.74) is 1.19. The molecule has 1 N–H and O–H groups in total. The normalized spacial score (nSPS) is 14.7. The Kier molecular flexibility index (Phi) is 8.56. The number of hydrogen-bond acceptors (Lipinski definition) is 5. The molecule has 0 spiro atoms. The fourth-order valence-corrected chi connectivity index (χ4v) is 5.82. The van der Waals surface area contributed by atoms with E-state index in [2.05, 4.69) is 5.32 Å². The second-order valence-corrected chi connectivity index (χ2v) is 11.7. The van der Waals surface area contributed by atoms with Crippen molar-refractivity contribution in [2.45, 2.75) is 51.2 Å². The van der Waals surface area contributed by atoms with Crippen molar-refractivity contribution < 1.29 is 22.7 Å². The minimum atomic E-state index is -3.82. The lowest BCUT2D eigenvalue weighted by Gasteiger charge is -2.32.